The van der Waals surface area contributed by atoms with Crippen molar-refractivity contribution in [3.8, 4) is 22.4 Å². The summed E-state index contributed by atoms with van der Waals surface area (Å²) >= 11 is 0. The first-order valence-electron chi connectivity index (χ1n) is 13.1. The predicted molar refractivity (Wildman–Crippen MR) is 154 cm³/mol. The summed E-state index contributed by atoms with van der Waals surface area (Å²) in [5.74, 6) is 1.43. The molecule has 0 amide bonds. The summed E-state index contributed by atoms with van der Waals surface area (Å²) in [6.07, 6.45) is 2.92. The molecule has 0 saturated heterocycles. The summed E-state index contributed by atoms with van der Waals surface area (Å²) in [6, 6.07) is 24.0. The van der Waals surface area contributed by atoms with Crippen molar-refractivity contribution in [3.05, 3.63) is 89.9 Å². The average Bonchev–Trinajstić information content (AvgIpc) is 3.43. The maximum atomic E-state index is 6.08. The molecule has 0 spiro atoms. The van der Waals surface area contributed by atoms with Crippen LogP contribution in [0.2, 0.25) is 0 Å². The fourth-order valence-corrected chi connectivity index (χ4v) is 5.45. The molecule has 0 unspecified atom stereocenters. The minimum atomic E-state index is 0.00182. The van der Waals surface area contributed by atoms with Crippen LogP contribution < -0.4 is 0 Å². The Bertz CT molecular complexity index is 1780. The Balaban J connectivity index is 1.56. The number of hydrogen-bond donors (Lipinski definition) is 0. The van der Waals surface area contributed by atoms with Gasteiger partial charge in [0.05, 0.1) is 12.0 Å². The van der Waals surface area contributed by atoms with E-state index in [0.717, 1.165) is 45.5 Å². The number of fused-ring (bicyclic) bond motifs is 3. The molecule has 186 valence electrons. The molecule has 3 heterocycles. The molecular formula is C34H33NO2. The molecule has 3 nitrogen and oxygen atoms in total. The van der Waals surface area contributed by atoms with Gasteiger partial charge in [0, 0.05) is 16.3 Å². The number of aryl methyl sites for hydroxylation is 1. The van der Waals surface area contributed by atoms with E-state index in [2.05, 4.69) is 101 Å². The quantitative estimate of drug-likeness (QED) is 0.248. The summed E-state index contributed by atoms with van der Waals surface area (Å²) in [6.45, 7) is 13.3. The van der Waals surface area contributed by atoms with Gasteiger partial charge in [0.15, 0.2) is 0 Å². The molecule has 0 bridgehead atoms. The monoisotopic (exact) mass is 487 g/mol. The molecule has 3 heteroatoms. The van der Waals surface area contributed by atoms with Crippen LogP contribution in [0.5, 0.6) is 0 Å². The highest BCUT2D eigenvalue weighted by Crippen LogP contribution is 2.39. The molecule has 0 radical (unpaired) electrons. The first kappa shape index (κ1) is 23.5. The number of pyridine rings is 1. The van der Waals surface area contributed by atoms with Crippen LogP contribution in [0.15, 0.2) is 81.8 Å². The highest BCUT2D eigenvalue weighted by molar-refractivity contribution is 5.98. The first-order chi connectivity index (χ1) is 17.7. The van der Waals surface area contributed by atoms with Gasteiger partial charge in [-0.05, 0) is 88.0 Å². The lowest BCUT2D eigenvalue weighted by atomic mass is 9.82. The number of rotatable bonds is 4. The molecule has 3 aromatic carbocycles. The van der Waals surface area contributed by atoms with E-state index in [4.69, 9.17) is 13.8 Å². The number of benzene rings is 3. The van der Waals surface area contributed by atoms with E-state index in [1.54, 1.807) is 0 Å². The smallest absolute Gasteiger partial charge is 0.227 e. The van der Waals surface area contributed by atoms with E-state index in [9.17, 15) is 0 Å². The van der Waals surface area contributed by atoms with Crippen molar-refractivity contribution in [1.29, 1.82) is 0 Å². The minimum Gasteiger partial charge on any atom is -0.464 e. The molecule has 3 aromatic heterocycles. The number of furan rings is 2. The van der Waals surface area contributed by atoms with Gasteiger partial charge in [-0.1, -0.05) is 71.0 Å². The maximum Gasteiger partial charge on any atom is 0.227 e. The summed E-state index contributed by atoms with van der Waals surface area (Å²) in [5.41, 5.74) is 8.37. The Kier molecular flexibility index (Phi) is 5.49. The average molecular weight is 488 g/mol. The van der Waals surface area contributed by atoms with Crippen molar-refractivity contribution in [2.45, 2.75) is 53.4 Å². The third-order valence-electron chi connectivity index (χ3n) is 7.19. The van der Waals surface area contributed by atoms with Crippen LogP contribution in [-0.4, -0.2) is 4.98 Å². The van der Waals surface area contributed by atoms with Gasteiger partial charge in [0.2, 0.25) is 5.71 Å². The third-order valence-corrected chi connectivity index (χ3v) is 7.19. The highest BCUT2D eigenvalue weighted by atomic mass is 16.3. The van der Waals surface area contributed by atoms with E-state index < -0.39 is 0 Å². The van der Waals surface area contributed by atoms with Gasteiger partial charge in [-0.15, -0.1) is 0 Å². The summed E-state index contributed by atoms with van der Waals surface area (Å²) in [7, 11) is 0. The SMILES string of the molecule is Cc1cc2c(-c3ccc4c(CC(C)C)coc4c3)cc(-c3cc(C(C)(C)C)c4ccccc4c3)nc2o1. The van der Waals surface area contributed by atoms with Gasteiger partial charge >= 0.3 is 0 Å². The zero-order valence-corrected chi connectivity index (χ0v) is 22.5. The van der Waals surface area contributed by atoms with E-state index in [0.29, 0.717) is 11.6 Å². The molecule has 6 aromatic rings. The zero-order valence-electron chi connectivity index (χ0n) is 22.5. The van der Waals surface area contributed by atoms with Gasteiger partial charge < -0.3 is 8.83 Å². The lowest BCUT2D eigenvalue weighted by Crippen LogP contribution is -2.12. The minimum absolute atomic E-state index is 0.00182. The van der Waals surface area contributed by atoms with Crippen LogP contribution in [0.25, 0.3) is 55.2 Å². The third kappa shape index (κ3) is 4.23. The number of hydrogen-bond acceptors (Lipinski definition) is 3. The molecule has 0 N–H and O–H groups in total. The van der Waals surface area contributed by atoms with E-state index >= 15 is 0 Å². The summed E-state index contributed by atoms with van der Waals surface area (Å²) in [4.78, 5) is 4.99. The standard InChI is InChI=1S/C34H33NO2/c1-20(2)13-25-19-36-32-17-23(11-12-27(25)32)28-18-31(35-33-29(28)14-21(3)37-33)24-15-22-9-7-8-10-26(22)30(16-24)34(4,5)6/h7-12,14-20H,13H2,1-6H3. The number of nitrogens with zero attached hydrogens (tertiary/aromatic N) is 1. The van der Waals surface area contributed by atoms with Gasteiger partial charge in [0.25, 0.3) is 0 Å². The molecule has 37 heavy (non-hydrogen) atoms. The lowest BCUT2D eigenvalue weighted by molar-refractivity contribution is 0.568. The molecule has 0 fully saturated rings. The Labute approximate surface area is 218 Å². The molecule has 0 saturated carbocycles. The number of aromatic nitrogens is 1. The van der Waals surface area contributed by atoms with Gasteiger partial charge in [-0.2, -0.15) is 0 Å². The van der Waals surface area contributed by atoms with Crippen LogP contribution in [-0.2, 0) is 11.8 Å². The van der Waals surface area contributed by atoms with Crippen molar-refractivity contribution in [2.75, 3.05) is 0 Å². The van der Waals surface area contributed by atoms with Crippen molar-refractivity contribution in [2.24, 2.45) is 5.92 Å². The largest absolute Gasteiger partial charge is 0.464 e. The van der Waals surface area contributed by atoms with E-state index in [1.165, 1.54) is 27.3 Å². The van der Waals surface area contributed by atoms with E-state index in [-0.39, 0.29) is 5.41 Å². The van der Waals surface area contributed by atoms with Gasteiger partial charge in [-0.25, -0.2) is 4.98 Å². The molecule has 0 atom stereocenters. The van der Waals surface area contributed by atoms with Crippen LogP contribution in [0.4, 0.5) is 0 Å². The second-order valence-corrected chi connectivity index (χ2v) is 11.7. The fourth-order valence-electron chi connectivity index (χ4n) is 5.45. The topological polar surface area (TPSA) is 39.2 Å². The van der Waals surface area contributed by atoms with Crippen molar-refractivity contribution in [1.82, 2.24) is 4.98 Å². The normalized spacial score (nSPS) is 12.4. The molecule has 0 aliphatic carbocycles. The van der Waals surface area contributed by atoms with E-state index in [1.807, 2.05) is 13.2 Å². The Morgan fingerprint density at radius 3 is 2.43 bits per heavy atom. The Morgan fingerprint density at radius 2 is 1.65 bits per heavy atom. The van der Waals surface area contributed by atoms with Crippen molar-refractivity contribution in [3.63, 3.8) is 0 Å². The fraction of sp³-hybridized carbons (Fsp3) is 0.265. The van der Waals surface area contributed by atoms with Crippen molar-refractivity contribution < 1.29 is 8.83 Å². The van der Waals surface area contributed by atoms with Crippen LogP contribution >= 0.6 is 0 Å². The van der Waals surface area contributed by atoms with Gasteiger partial charge in [-0.3, -0.25) is 0 Å². The zero-order chi connectivity index (χ0) is 25.9. The van der Waals surface area contributed by atoms with Crippen LogP contribution in [0.3, 0.4) is 0 Å². The molecule has 6 rings (SSSR count). The first-order valence-corrected chi connectivity index (χ1v) is 13.1. The predicted octanol–water partition coefficient (Wildman–Crippen LogP) is 9.87. The molecule has 0 aliphatic rings. The molecular weight excluding hydrogens is 454 g/mol. The lowest BCUT2D eigenvalue weighted by Gasteiger charge is -2.22. The summed E-state index contributed by atoms with van der Waals surface area (Å²) in [5, 5.41) is 4.72. The van der Waals surface area contributed by atoms with Crippen LogP contribution in [0.1, 0.15) is 51.5 Å². The van der Waals surface area contributed by atoms with Crippen molar-refractivity contribution >= 4 is 32.8 Å². The van der Waals surface area contributed by atoms with Crippen LogP contribution in [0, 0.1) is 12.8 Å². The Morgan fingerprint density at radius 1 is 0.838 bits per heavy atom. The van der Waals surface area contributed by atoms with Gasteiger partial charge in [0.1, 0.15) is 11.3 Å². The summed E-state index contributed by atoms with van der Waals surface area (Å²) < 4.78 is 12.1. The molecule has 0 aliphatic heterocycles. The Hall–Kier alpha value is -3.85. The second kappa shape index (κ2) is 8.62. The second-order valence-electron chi connectivity index (χ2n) is 11.7. The maximum absolute atomic E-state index is 6.08. The highest BCUT2D eigenvalue weighted by Gasteiger charge is 2.20.